The van der Waals surface area contributed by atoms with Crippen molar-refractivity contribution in [2.45, 2.75) is 30.6 Å². The summed E-state index contributed by atoms with van der Waals surface area (Å²) in [5.41, 5.74) is 5.48. The van der Waals surface area contributed by atoms with Gasteiger partial charge in [-0.3, -0.25) is 0 Å². The Morgan fingerprint density at radius 1 is 1.38 bits per heavy atom. The van der Waals surface area contributed by atoms with Crippen LogP contribution in [0.3, 0.4) is 0 Å². The molecule has 5 N–H and O–H groups in total. The Balaban J connectivity index is 2.66. The Morgan fingerprint density at radius 3 is 2.46 bits per heavy atom. The molecule has 5 atom stereocenters. The molecule has 0 spiro atoms. The number of hydrogen-bond acceptors (Lipinski definition) is 6. The molecular formula is C7H15NO5. The summed E-state index contributed by atoms with van der Waals surface area (Å²) >= 11 is 0. The number of aliphatic hydroxyl groups excluding tert-OH is 3. The summed E-state index contributed by atoms with van der Waals surface area (Å²) in [6.45, 7) is -0.360. The second-order valence-corrected chi connectivity index (χ2v) is 3.02. The summed E-state index contributed by atoms with van der Waals surface area (Å²) in [6.07, 6.45) is -3.85. The van der Waals surface area contributed by atoms with Crippen LogP contribution in [0.2, 0.25) is 0 Å². The molecule has 1 saturated heterocycles. The van der Waals surface area contributed by atoms with Crippen LogP contribution < -0.4 is 5.73 Å². The van der Waals surface area contributed by atoms with Crippen molar-refractivity contribution >= 4 is 0 Å². The highest BCUT2D eigenvalue weighted by Gasteiger charge is 2.42. The molecule has 1 aliphatic rings. The Bertz CT molecular complexity index is 147. The molecule has 0 bridgehead atoms. The van der Waals surface area contributed by atoms with Gasteiger partial charge in [0.2, 0.25) is 0 Å². The van der Waals surface area contributed by atoms with Gasteiger partial charge in [0.1, 0.15) is 18.3 Å². The minimum Gasteiger partial charge on any atom is -0.394 e. The molecule has 78 valence electrons. The topological polar surface area (TPSA) is 105 Å². The molecule has 0 radical (unpaired) electrons. The average molecular weight is 193 g/mol. The maximum atomic E-state index is 9.40. The lowest BCUT2D eigenvalue weighted by atomic mass is 9.97. The average Bonchev–Trinajstić information content (AvgIpc) is 2.15. The van der Waals surface area contributed by atoms with E-state index in [4.69, 9.17) is 20.3 Å². The lowest BCUT2D eigenvalue weighted by molar-refractivity contribution is -0.267. The predicted molar refractivity (Wildman–Crippen MR) is 42.7 cm³/mol. The first kappa shape index (κ1) is 10.8. The highest BCUT2D eigenvalue weighted by atomic mass is 16.7. The van der Waals surface area contributed by atoms with Crippen LogP contribution in [0.25, 0.3) is 0 Å². The van der Waals surface area contributed by atoms with Gasteiger partial charge in [-0.05, 0) is 0 Å². The smallest absolute Gasteiger partial charge is 0.185 e. The molecule has 0 aromatic carbocycles. The van der Waals surface area contributed by atoms with Gasteiger partial charge in [-0.25, -0.2) is 0 Å². The van der Waals surface area contributed by atoms with E-state index in [2.05, 4.69) is 0 Å². The molecule has 1 fully saturated rings. The SMILES string of the molecule is CO[C@@H]1O[C@H](CO)[C@@H](O)[C@H](N)[C@@H]1O. The molecule has 1 rings (SSSR count). The van der Waals surface area contributed by atoms with Crippen molar-refractivity contribution in [1.82, 2.24) is 0 Å². The third-order valence-corrected chi connectivity index (χ3v) is 2.17. The molecular weight excluding hydrogens is 178 g/mol. The number of hydrogen-bond donors (Lipinski definition) is 4. The third-order valence-electron chi connectivity index (χ3n) is 2.17. The van der Waals surface area contributed by atoms with E-state index in [1.54, 1.807) is 0 Å². The van der Waals surface area contributed by atoms with E-state index in [9.17, 15) is 10.2 Å². The predicted octanol–water partition coefficient (Wildman–Crippen LogP) is -2.60. The second-order valence-electron chi connectivity index (χ2n) is 3.02. The van der Waals surface area contributed by atoms with Crippen LogP contribution >= 0.6 is 0 Å². The normalized spacial score (nSPS) is 46.4. The molecule has 0 amide bonds. The number of aliphatic hydroxyl groups is 3. The Hall–Kier alpha value is -0.240. The van der Waals surface area contributed by atoms with Crippen LogP contribution in [0, 0.1) is 0 Å². The fourth-order valence-corrected chi connectivity index (χ4v) is 1.31. The zero-order valence-electron chi connectivity index (χ0n) is 7.33. The Morgan fingerprint density at radius 2 is 2.00 bits per heavy atom. The number of ether oxygens (including phenoxy) is 2. The first-order chi connectivity index (χ1) is 6.11. The van der Waals surface area contributed by atoms with E-state index in [0.29, 0.717) is 0 Å². The van der Waals surface area contributed by atoms with Crippen molar-refractivity contribution in [2.24, 2.45) is 5.73 Å². The van der Waals surface area contributed by atoms with Gasteiger partial charge in [0.05, 0.1) is 12.6 Å². The van der Waals surface area contributed by atoms with Gasteiger partial charge in [-0.1, -0.05) is 0 Å². The Labute approximate surface area is 75.9 Å². The van der Waals surface area contributed by atoms with Crippen LogP contribution in [0.5, 0.6) is 0 Å². The minimum absolute atomic E-state index is 0.360. The van der Waals surface area contributed by atoms with E-state index in [1.807, 2.05) is 0 Å². The van der Waals surface area contributed by atoms with Crippen molar-refractivity contribution in [3.63, 3.8) is 0 Å². The minimum atomic E-state index is -1.08. The first-order valence-electron chi connectivity index (χ1n) is 4.02. The Kier molecular flexibility index (Phi) is 3.60. The largest absolute Gasteiger partial charge is 0.394 e. The van der Waals surface area contributed by atoms with E-state index < -0.39 is 30.6 Å². The zero-order valence-corrected chi connectivity index (χ0v) is 7.33. The second kappa shape index (κ2) is 4.32. The number of nitrogens with two attached hydrogens (primary N) is 1. The van der Waals surface area contributed by atoms with Crippen LogP contribution in [0.15, 0.2) is 0 Å². The first-order valence-corrected chi connectivity index (χ1v) is 4.02. The zero-order chi connectivity index (χ0) is 10.0. The molecule has 0 saturated carbocycles. The van der Waals surface area contributed by atoms with Crippen molar-refractivity contribution < 1.29 is 24.8 Å². The van der Waals surface area contributed by atoms with E-state index in [0.717, 1.165) is 0 Å². The maximum Gasteiger partial charge on any atom is 0.185 e. The summed E-state index contributed by atoms with van der Waals surface area (Å²) < 4.78 is 9.81. The highest BCUT2D eigenvalue weighted by Crippen LogP contribution is 2.19. The van der Waals surface area contributed by atoms with Gasteiger partial charge in [0.25, 0.3) is 0 Å². The molecule has 13 heavy (non-hydrogen) atoms. The molecule has 0 aliphatic carbocycles. The molecule has 6 nitrogen and oxygen atoms in total. The summed E-state index contributed by atoms with van der Waals surface area (Å²) in [7, 11) is 1.35. The van der Waals surface area contributed by atoms with Gasteiger partial charge in [-0.15, -0.1) is 0 Å². The standard InChI is InChI=1S/C7H15NO5/c1-12-7-6(11)4(8)5(10)3(2-9)13-7/h3-7,9-11H,2,8H2,1H3/t3-,4+,5-,6+,7-/m1/s1. The van der Waals surface area contributed by atoms with Crippen LogP contribution in [-0.2, 0) is 9.47 Å². The maximum absolute atomic E-state index is 9.40. The lowest BCUT2D eigenvalue weighted by Crippen LogP contribution is -2.62. The molecule has 0 aromatic rings. The van der Waals surface area contributed by atoms with Gasteiger partial charge < -0.3 is 30.5 Å². The van der Waals surface area contributed by atoms with Crippen LogP contribution in [0.1, 0.15) is 0 Å². The molecule has 1 heterocycles. The van der Waals surface area contributed by atoms with Crippen molar-refractivity contribution in [1.29, 1.82) is 0 Å². The summed E-state index contributed by atoms with van der Waals surface area (Å²) in [4.78, 5) is 0. The van der Waals surface area contributed by atoms with E-state index in [1.165, 1.54) is 7.11 Å². The van der Waals surface area contributed by atoms with Crippen molar-refractivity contribution in [3.05, 3.63) is 0 Å². The fourth-order valence-electron chi connectivity index (χ4n) is 1.31. The van der Waals surface area contributed by atoms with Gasteiger partial charge >= 0.3 is 0 Å². The van der Waals surface area contributed by atoms with Crippen LogP contribution in [-0.4, -0.2) is 59.7 Å². The summed E-state index contributed by atoms with van der Waals surface area (Å²) in [6, 6.07) is -0.865. The van der Waals surface area contributed by atoms with Gasteiger partial charge in [0.15, 0.2) is 6.29 Å². The van der Waals surface area contributed by atoms with E-state index >= 15 is 0 Å². The molecule has 0 unspecified atom stereocenters. The van der Waals surface area contributed by atoms with Gasteiger partial charge in [0, 0.05) is 7.11 Å². The van der Waals surface area contributed by atoms with Crippen molar-refractivity contribution in [3.8, 4) is 0 Å². The van der Waals surface area contributed by atoms with E-state index in [-0.39, 0.29) is 6.61 Å². The monoisotopic (exact) mass is 193 g/mol. The molecule has 0 aromatic heterocycles. The number of methoxy groups -OCH3 is 1. The molecule has 1 aliphatic heterocycles. The van der Waals surface area contributed by atoms with Gasteiger partial charge in [-0.2, -0.15) is 0 Å². The van der Waals surface area contributed by atoms with Crippen molar-refractivity contribution in [2.75, 3.05) is 13.7 Å². The highest BCUT2D eigenvalue weighted by molar-refractivity contribution is 4.91. The number of rotatable bonds is 2. The summed E-state index contributed by atoms with van der Waals surface area (Å²) in [5.74, 6) is 0. The fraction of sp³-hybridized carbons (Fsp3) is 1.00. The lowest BCUT2D eigenvalue weighted by Gasteiger charge is -2.39. The summed E-state index contributed by atoms with van der Waals surface area (Å²) in [5, 5.41) is 27.6. The third kappa shape index (κ3) is 1.98. The quantitative estimate of drug-likeness (QED) is 0.383. The molecule has 6 heteroatoms. The van der Waals surface area contributed by atoms with Crippen LogP contribution in [0.4, 0.5) is 0 Å².